The predicted molar refractivity (Wildman–Crippen MR) is 99.6 cm³/mol. The number of anilines is 1. The zero-order valence-electron chi connectivity index (χ0n) is 14.5. The smallest absolute Gasteiger partial charge is 0.236 e. The molecule has 0 radical (unpaired) electrons. The highest BCUT2D eigenvalue weighted by Crippen LogP contribution is 2.51. The molecule has 0 unspecified atom stereocenters. The molecule has 27 heavy (non-hydrogen) atoms. The van der Waals surface area contributed by atoms with Gasteiger partial charge in [-0.2, -0.15) is 0 Å². The van der Waals surface area contributed by atoms with E-state index in [0.29, 0.717) is 11.6 Å². The van der Waals surface area contributed by atoms with Crippen LogP contribution in [0, 0.1) is 0 Å². The van der Waals surface area contributed by atoms with Gasteiger partial charge in [0.15, 0.2) is 17.3 Å². The fraction of sp³-hybridized carbons (Fsp3) is 0.190. The van der Waals surface area contributed by atoms with Crippen LogP contribution >= 0.6 is 0 Å². The van der Waals surface area contributed by atoms with Gasteiger partial charge in [0.05, 0.1) is 23.5 Å². The first-order chi connectivity index (χ1) is 13.2. The minimum absolute atomic E-state index is 0.0665. The first-order valence-electron chi connectivity index (χ1n) is 8.84. The Balaban J connectivity index is 1.34. The van der Waals surface area contributed by atoms with Gasteiger partial charge in [0.25, 0.3) is 0 Å². The van der Waals surface area contributed by atoms with Crippen LogP contribution in [0.2, 0.25) is 0 Å². The summed E-state index contributed by atoms with van der Waals surface area (Å²) in [5.74, 6) is 1.80. The number of carbonyl (C=O) groups excluding carboxylic acids is 1. The second-order valence-corrected chi connectivity index (χ2v) is 6.76. The van der Waals surface area contributed by atoms with Crippen LogP contribution in [0.25, 0.3) is 11.3 Å². The molecule has 0 bridgehead atoms. The van der Waals surface area contributed by atoms with Crippen LogP contribution in [-0.4, -0.2) is 22.7 Å². The predicted octanol–water partition coefficient (Wildman–Crippen LogP) is 3.54. The van der Waals surface area contributed by atoms with E-state index in [1.807, 2.05) is 48.5 Å². The summed E-state index contributed by atoms with van der Waals surface area (Å²) < 4.78 is 10.8. The van der Waals surface area contributed by atoms with Crippen molar-refractivity contribution in [1.29, 1.82) is 0 Å². The number of nitrogens with one attached hydrogen (secondary N) is 1. The molecule has 134 valence electrons. The SMILES string of the molecule is O=C(Nc1cnc(-c2ccccc2)cn1)C1(c2ccc3c(c2)OCO3)CC1. The van der Waals surface area contributed by atoms with E-state index in [1.165, 1.54) is 0 Å². The number of nitrogens with zero attached hydrogens (tertiary/aromatic N) is 2. The zero-order chi connectivity index (χ0) is 18.3. The molecule has 5 rings (SSSR count). The summed E-state index contributed by atoms with van der Waals surface area (Å²) in [5, 5.41) is 2.90. The second kappa shape index (κ2) is 6.09. The van der Waals surface area contributed by atoms with Crippen LogP contribution in [0.15, 0.2) is 60.9 Å². The number of carbonyl (C=O) groups is 1. The summed E-state index contributed by atoms with van der Waals surface area (Å²) in [4.78, 5) is 21.7. The quantitative estimate of drug-likeness (QED) is 0.771. The maximum atomic E-state index is 12.9. The molecule has 1 aromatic heterocycles. The topological polar surface area (TPSA) is 73.3 Å². The molecule has 6 nitrogen and oxygen atoms in total. The Morgan fingerprint density at radius 2 is 1.78 bits per heavy atom. The van der Waals surface area contributed by atoms with Crippen molar-refractivity contribution in [2.45, 2.75) is 18.3 Å². The van der Waals surface area contributed by atoms with Gasteiger partial charge in [-0.1, -0.05) is 36.4 Å². The molecule has 2 heterocycles. The van der Waals surface area contributed by atoms with Gasteiger partial charge >= 0.3 is 0 Å². The Bertz CT molecular complexity index is 999. The van der Waals surface area contributed by atoms with Crippen LogP contribution in [0.3, 0.4) is 0 Å². The molecular formula is C21H17N3O3. The van der Waals surface area contributed by atoms with E-state index < -0.39 is 5.41 Å². The molecule has 1 fully saturated rings. The molecule has 0 saturated heterocycles. The Labute approximate surface area is 156 Å². The summed E-state index contributed by atoms with van der Waals surface area (Å²) in [6.07, 6.45) is 4.86. The van der Waals surface area contributed by atoms with Crippen molar-refractivity contribution in [3.05, 3.63) is 66.5 Å². The molecule has 2 aliphatic rings. The molecule has 1 aliphatic heterocycles. The average molecular weight is 359 g/mol. The van der Waals surface area contributed by atoms with Crippen LogP contribution in [0.5, 0.6) is 11.5 Å². The first-order valence-corrected chi connectivity index (χ1v) is 8.84. The highest BCUT2D eigenvalue weighted by atomic mass is 16.7. The van der Waals surface area contributed by atoms with Gasteiger partial charge in [0.2, 0.25) is 12.7 Å². The van der Waals surface area contributed by atoms with Gasteiger partial charge in [0.1, 0.15) is 0 Å². The maximum absolute atomic E-state index is 12.9. The van der Waals surface area contributed by atoms with E-state index in [4.69, 9.17) is 9.47 Å². The van der Waals surface area contributed by atoms with Crippen molar-refractivity contribution in [2.75, 3.05) is 12.1 Å². The minimum Gasteiger partial charge on any atom is -0.454 e. The number of amides is 1. The van der Waals surface area contributed by atoms with E-state index in [-0.39, 0.29) is 12.7 Å². The third-order valence-electron chi connectivity index (χ3n) is 5.07. The molecule has 0 spiro atoms. The highest BCUT2D eigenvalue weighted by Gasteiger charge is 2.51. The van der Waals surface area contributed by atoms with Gasteiger partial charge in [-0.05, 0) is 30.5 Å². The molecule has 1 aliphatic carbocycles. The summed E-state index contributed by atoms with van der Waals surface area (Å²) in [5.41, 5.74) is 2.17. The molecule has 1 N–H and O–H groups in total. The summed E-state index contributed by atoms with van der Waals surface area (Å²) in [6, 6.07) is 15.5. The van der Waals surface area contributed by atoms with Crippen LogP contribution in [0.1, 0.15) is 18.4 Å². The van der Waals surface area contributed by atoms with E-state index >= 15 is 0 Å². The Hall–Kier alpha value is -3.41. The van der Waals surface area contributed by atoms with Crippen molar-refractivity contribution in [1.82, 2.24) is 9.97 Å². The summed E-state index contributed by atoms with van der Waals surface area (Å²) in [7, 11) is 0. The Kier molecular flexibility index (Phi) is 3.57. The molecule has 3 aromatic rings. The molecule has 1 saturated carbocycles. The van der Waals surface area contributed by atoms with E-state index in [2.05, 4.69) is 15.3 Å². The van der Waals surface area contributed by atoms with Crippen molar-refractivity contribution < 1.29 is 14.3 Å². The van der Waals surface area contributed by atoms with Gasteiger partial charge < -0.3 is 14.8 Å². The number of aromatic nitrogens is 2. The lowest BCUT2D eigenvalue weighted by atomic mass is 9.94. The van der Waals surface area contributed by atoms with Crippen molar-refractivity contribution >= 4 is 11.7 Å². The van der Waals surface area contributed by atoms with Gasteiger partial charge in [0, 0.05) is 5.56 Å². The lowest BCUT2D eigenvalue weighted by Gasteiger charge is -2.16. The third-order valence-corrected chi connectivity index (χ3v) is 5.07. The average Bonchev–Trinajstić information content (AvgIpc) is 3.40. The van der Waals surface area contributed by atoms with Gasteiger partial charge in [-0.15, -0.1) is 0 Å². The second-order valence-electron chi connectivity index (χ2n) is 6.76. The van der Waals surface area contributed by atoms with E-state index in [1.54, 1.807) is 12.4 Å². The number of benzene rings is 2. The zero-order valence-corrected chi connectivity index (χ0v) is 14.5. The van der Waals surface area contributed by atoms with Crippen molar-refractivity contribution in [3.8, 4) is 22.8 Å². The molecule has 2 aromatic carbocycles. The number of ether oxygens (including phenoxy) is 2. The minimum atomic E-state index is -0.527. The van der Waals surface area contributed by atoms with Crippen LogP contribution < -0.4 is 14.8 Å². The lowest BCUT2D eigenvalue weighted by molar-refractivity contribution is -0.118. The van der Waals surface area contributed by atoms with E-state index in [9.17, 15) is 4.79 Å². The maximum Gasteiger partial charge on any atom is 0.236 e. The highest BCUT2D eigenvalue weighted by molar-refractivity contribution is 6.00. The molecule has 6 heteroatoms. The number of fused-ring (bicyclic) bond motifs is 1. The van der Waals surface area contributed by atoms with Gasteiger partial charge in [-0.25, -0.2) is 4.98 Å². The number of hydrogen-bond donors (Lipinski definition) is 1. The number of rotatable bonds is 4. The normalized spacial score (nSPS) is 16.0. The number of hydrogen-bond acceptors (Lipinski definition) is 5. The van der Waals surface area contributed by atoms with Crippen molar-refractivity contribution in [3.63, 3.8) is 0 Å². The van der Waals surface area contributed by atoms with Crippen LogP contribution in [0.4, 0.5) is 5.82 Å². The van der Waals surface area contributed by atoms with Crippen molar-refractivity contribution in [2.24, 2.45) is 0 Å². The third kappa shape index (κ3) is 2.79. The van der Waals surface area contributed by atoms with E-state index in [0.717, 1.165) is 35.4 Å². The lowest BCUT2D eigenvalue weighted by Crippen LogP contribution is -2.28. The standard InChI is InChI=1S/C21H17N3O3/c25-20(21(8-9-21)15-6-7-17-18(10-15)27-13-26-17)24-19-12-22-16(11-23-19)14-4-2-1-3-5-14/h1-7,10-12H,8-9,13H2,(H,23,24,25). The first kappa shape index (κ1) is 15.8. The Morgan fingerprint density at radius 1 is 0.963 bits per heavy atom. The fourth-order valence-electron chi connectivity index (χ4n) is 3.35. The Morgan fingerprint density at radius 3 is 2.52 bits per heavy atom. The fourth-order valence-corrected chi connectivity index (χ4v) is 3.35. The summed E-state index contributed by atoms with van der Waals surface area (Å²) >= 11 is 0. The van der Waals surface area contributed by atoms with Crippen LogP contribution in [-0.2, 0) is 10.2 Å². The summed E-state index contributed by atoms with van der Waals surface area (Å²) in [6.45, 7) is 0.224. The largest absolute Gasteiger partial charge is 0.454 e. The molecule has 0 atom stereocenters. The van der Waals surface area contributed by atoms with Gasteiger partial charge in [-0.3, -0.25) is 9.78 Å². The molecule has 1 amide bonds. The molecular weight excluding hydrogens is 342 g/mol. The monoisotopic (exact) mass is 359 g/mol.